The average Bonchev–Trinajstić information content (AvgIpc) is 2.47. The van der Waals surface area contributed by atoms with Crippen LogP contribution in [0.15, 0.2) is 53.0 Å². The number of hydrogen-bond acceptors (Lipinski definition) is 2. The zero-order chi connectivity index (χ0) is 16.8. The van der Waals surface area contributed by atoms with E-state index in [9.17, 15) is 9.59 Å². The van der Waals surface area contributed by atoms with E-state index in [2.05, 4.69) is 26.6 Å². The molecule has 0 fully saturated rings. The maximum Gasteiger partial charge on any atom is 0.255 e. The second-order valence-corrected chi connectivity index (χ2v) is 6.60. The van der Waals surface area contributed by atoms with Crippen molar-refractivity contribution in [2.45, 2.75) is 20.3 Å². The van der Waals surface area contributed by atoms with Gasteiger partial charge in [-0.25, -0.2) is 0 Å². The van der Waals surface area contributed by atoms with Gasteiger partial charge in [0.1, 0.15) is 0 Å². The lowest BCUT2D eigenvalue weighted by Gasteiger charge is -2.10. The molecule has 120 valence electrons. The summed E-state index contributed by atoms with van der Waals surface area (Å²) in [5, 5.41) is 5.66. The van der Waals surface area contributed by atoms with Crippen LogP contribution in [0.2, 0.25) is 0 Å². The van der Waals surface area contributed by atoms with E-state index in [1.807, 2.05) is 26.0 Å². The van der Waals surface area contributed by atoms with Crippen molar-refractivity contribution in [3.8, 4) is 0 Å². The Morgan fingerprint density at radius 2 is 1.61 bits per heavy atom. The third-order valence-corrected chi connectivity index (χ3v) is 3.63. The maximum atomic E-state index is 12.2. The first-order valence-electron chi connectivity index (χ1n) is 7.41. The lowest BCUT2D eigenvalue weighted by molar-refractivity contribution is -0.116. The fraction of sp³-hybridized carbons (Fsp3) is 0.222. The Morgan fingerprint density at radius 3 is 2.22 bits per heavy atom. The molecule has 2 aromatic rings. The minimum Gasteiger partial charge on any atom is -0.326 e. The van der Waals surface area contributed by atoms with E-state index < -0.39 is 0 Å². The summed E-state index contributed by atoms with van der Waals surface area (Å²) in [4.78, 5) is 24.0. The standard InChI is InChI=1S/C18H19BrN2O2/c1-12(2)10-17(22)20-15-4-3-5-16(11-15)21-18(23)13-6-8-14(19)9-7-13/h3-9,11-12H,10H2,1-2H3,(H,20,22)(H,21,23). The molecule has 4 nitrogen and oxygen atoms in total. The van der Waals surface area contributed by atoms with Crippen molar-refractivity contribution in [2.75, 3.05) is 10.6 Å². The highest BCUT2D eigenvalue weighted by Crippen LogP contribution is 2.17. The molecule has 0 saturated carbocycles. The van der Waals surface area contributed by atoms with Crippen LogP contribution in [0.25, 0.3) is 0 Å². The van der Waals surface area contributed by atoms with Gasteiger partial charge >= 0.3 is 0 Å². The van der Waals surface area contributed by atoms with Crippen LogP contribution in [0.1, 0.15) is 30.6 Å². The summed E-state index contributed by atoms with van der Waals surface area (Å²) in [6.07, 6.45) is 0.468. The lowest BCUT2D eigenvalue weighted by atomic mass is 10.1. The Hall–Kier alpha value is -2.14. The Bertz CT molecular complexity index is 696. The number of hydrogen-bond donors (Lipinski definition) is 2. The fourth-order valence-electron chi connectivity index (χ4n) is 2.06. The van der Waals surface area contributed by atoms with E-state index in [-0.39, 0.29) is 11.8 Å². The Morgan fingerprint density at radius 1 is 1.00 bits per heavy atom. The summed E-state index contributed by atoms with van der Waals surface area (Å²) in [6, 6.07) is 14.2. The van der Waals surface area contributed by atoms with Gasteiger partial charge in [-0.05, 0) is 48.4 Å². The van der Waals surface area contributed by atoms with Gasteiger partial charge in [-0.3, -0.25) is 9.59 Å². The zero-order valence-electron chi connectivity index (χ0n) is 13.1. The van der Waals surface area contributed by atoms with Crippen LogP contribution >= 0.6 is 15.9 Å². The minimum absolute atomic E-state index is 0.0311. The summed E-state index contributed by atoms with van der Waals surface area (Å²) in [6.45, 7) is 3.99. The van der Waals surface area contributed by atoms with E-state index in [4.69, 9.17) is 0 Å². The third-order valence-electron chi connectivity index (χ3n) is 3.10. The van der Waals surface area contributed by atoms with Gasteiger partial charge in [-0.1, -0.05) is 35.8 Å². The van der Waals surface area contributed by atoms with E-state index >= 15 is 0 Å². The van der Waals surface area contributed by atoms with Gasteiger partial charge in [0, 0.05) is 27.8 Å². The first-order valence-corrected chi connectivity index (χ1v) is 8.20. The number of benzene rings is 2. The number of carbonyl (C=O) groups excluding carboxylic acids is 2. The molecular weight excluding hydrogens is 356 g/mol. The van der Waals surface area contributed by atoms with Crippen molar-refractivity contribution in [2.24, 2.45) is 5.92 Å². The number of anilines is 2. The summed E-state index contributed by atoms with van der Waals surface area (Å²) in [7, 11) is 0. The van der Waals surface area contributed by atoms with E-state index in [1.165, 1.54) is 0 Å². The molecule has 0 aromatic heterocycles. The molecule has 2 rings (SSSR count). The van der Waals surface area contributed by atoms with Gasteiger partial charge in [0.05, 0.1) is 0 Å². The van der Waals surface area contributed by atoms with E-state index in [1.54, 1.807) is 36.4 Å². The van der Waals surface area contributed by atoms with Crippen LogP contribution < -0.4 is 10.6 Å². The number of amides is 2. The highest BCUT2D eigenvalue weighted by Gasteiger charge is 2.08. The highest BCUT2D eigenvalue weighted by molar-refractivity contribution is 9.10. The molecule has 0 heterocycles. The van der Waals surface area contributed by atoms with E-state index in [0.29, 0.717) is 29.3 Å². The second-order valence-electron chi connectivity index (χ2n) is 5.69. The molecule has 0 unspecified atom stereocenters. The predicted molar refractivity (Wildman–Crippen MR) is 96.6 cm³/mol. The van der Waals surface area contributed by atoms with Gasteiger partial charge in [-0.15, -0.1) is 0 Å². The second kappa shape index (κ2) is 7.92. The molecule has 2 aromatic carbocycles. The van der Waals surface area contributed by atoms with E-state index in [0.717, 1.165) is 4.47 Å². The molecule has 0 radical (unpaired) electrons. The van der Waals surface area contributed by atoms with Crippen molar-refractivity contribution < 1.29 is 9.59 Å². The molecule has 5 heteroatoms. The fourth-order valence-corrected chi connectivity index (χ4v) is 2.33. The Kier molecular flexibility index (Phi) is 5.93. The van der Waals surface area contributed by atoms with Crippen LogP contribution in [0.4, 0.5) is 11.4 Å². The molecular formula is C18H19BrN2O2. The first kappa shape index (κ1) is 17.2. The van der Waals surface area contributed by atoms with Gasteiger partial charge < -0.3 is 10.6 Å². The topological polar surface area (TPSA) is 58.2 Å². The van der Waals surface area contributed by atoms with Gasteiger partial charge in [0.2, 0.25) is 5.91 Å². The number of nitrogens with one attached hydrogen (secondary N) is 2. The van der Waals surface area contributed by atoms with Crippen LogP contribution in [0.5, 0.6) is 0 Å². The molecule has 0 atom stereocenters. The van der Waals surface area contributed by atoms with Crippen LogP contribution in [0.3, 0.4) is 0 Å². The number of carbonyl (C=O) groups is 2. The molecule has 0 saturated heterocycles. The molecule has 2 N–H and O–H groups in total. The highest BCUT2D eigenvalue weighted by atomic mass is 79.9. The van der Waals surface area contributed by atoms with Gasteiger partial charge in [0.25, 0.3) is 5.91 Å². The molecule has 23 heavy (non-hydrogen) atoms. The summed E-state index contributed by atoms with van der Waals surface area (Å²) >= 11 is 3.34. The normalized spacial score (nSPS) is 10.4. The quantitative estimate of drug-likeness (QED) is 0.797. The summed E-state index contributed by atoms with van der Waals surface area (Å²) in [5.74, 6) is 0.0785. The first-order chi connectivity index (χ1) is 10.9. The molecule has 0 bridgehead atoms. The molecule has 2 amide bonds. The third kappa shape index (κ3) is 5.53. The summed E-state index contributed by atoms with van der Waals surface area (Å²) in [5.41, 5.74) is 1.88. The predicted octanol–water partition coefficient (Wildman–Crippen LogP) is 4.69. The number of halogens is 1. The lowest BCUT2D eigenvalue weighted by Crippen LogP contribution is -2.15. The van der Waals surface area contributed by atoms with Crippen LogP contribution in [-0.4, -0.2) is 11.8 Å². The largest absolute Gasteiger partial charge is 0.326 e. The van der Waals surface area contributed by atoms with Crippen molar-refractivity contribution in [1.82, 2.24) is 0 Å². The molecule has 0 aliphatic rings. The zero-order valence-corrected chi connectivity index (χ0v) is 14.7. The Labute approximate surface area is 144 Å². The van der Waals surface area contributed by atoms with Crippen molar-refractivity contribution in [3.05, 3.63) is 58.6 Å². The molecule has 0 spiro atoms. The molecule has 0 aliphatic heterocycles. The van der Waals surface area contributed by atoms with Crippen molar-refractivity contribution in [1.29, 1.82) is 0 Å². The Balaban J connectivity index is 2.03. The van der Waals surface area contributed by atoms with Gasteiger partial charge in [-0.2, -0.15) is 0 Å². The van der Waals surface area contributed by atoms with Gasteiger partial charge in [0.15, 0.2) is 0 Å². The smallest absolute Gasteiger partial charge is 0.255 e. The monoisotopic (exact) mass is 374 g/mol. The number of rotatable bonds is 5. The van der Waals surface area contributed by atoms with Crippen molar-refractivity contribution in [3.63, 3.8) is 0 Å². The van der Waals surface area contributed by atoms with Crippen molar-refractivity contribution >= 4 is 39.1 Å². The average molecular weight is 375 g/mol. The minimum atomic E-state index is -0.192. The SMILES string of the molecule is CC(C)CC(=O)Nc1cccc(NC(=O)c2ccc(Br)cc2)c1. The maximum absolute atomic E-state index is 12.2. The van der Waals surface area contributed by atoms with Crippen LogP contribution in [-0.2, 0) is 4.79 Å². The summed E-state index contributed by atoms with van der Waals surface area (Å²) < 4.78 is 0.920. The molecule has 0 aliphatic carbocycles. The van der Waals surface area contributed by atoms with Crippen LogP contribution in [0, 0.1) is 5.92 Å².